The van der Waals surface area contributed by atoms with Crippen LogP contribution in [0.5, 0.6) is 0 Å². The van der Waals surface area contributed by atoms with Crippen LogP contribution in [0.25, 0.3) is 0 Å². The van der Waals surface area contributed by atoms with Gasteiger partial charge in [0.25, 0.3) is 0 Å². The molecule has 0 aliphatic rings. The van der Waals surface area contributed by atoms with Crippen LogP contribution < -0.4 is 5.32 Å². The van der Waals surface area contributed by atoms with Gasteiger partial charge in [-0.25, -0.2) is 0 Å². The molecule has 0 spiro atoms. The van der Waals surface area contributed by atoms with Crippen LogP contribution in [0.4, 0.5) is 0 Å². The van der Waals surface area contributed by atoms with E-state index >= 15 is 0 Å². The maximum atomic E-state index is 4.36. The standard InChI is InChI=1S/C12H21N3S/c1-10(13-6-4-5-9-16-3)12-11(2)14-7-8-15-12/h7-8,10,13H,4-6,9H2,1-3H3. The fourth-order valence-corrected chi connectivity index (χ4v) is 2.12. The molecule has 0 radical (unpaired) electrons. The third kappa shape index (κ3) is 4.49. The van der Waals surface area contributed by atoms with Crippen LogP contribution in [0.1, 0.15) is 37.2 Å². The molecule has 1 atom stereocenters. The van der Waals surface area contributed by atoms with E-state index in [0.717, 1.165) is 17.9 Å². The molecule has 3 nitrogen and oxygen atoms in total. The first-order valence-corrected chi connectivity index (χ1v) is 7.15. The summed E-state index contributed by atoms with van der Waals surface area (Å²) in [5.41, 5.74) is 2.08. The Hall–Kier alpha value is -0.610. The van der Waals surface area contributed by atoms with Gasteiger partial charge in [0.15, 0.2) is 0 Å². The Morgan fingerprint density at radius 1 is 1.31 bits per heavy atom. The summed E-state index contributed by atoms with van der Waals surface area (Å²) in [4.78, 5) is 8.62. The number of unbranched alkanes of at least 4 members (excludes halogenated alkanes) is 1. The van der Waals surface area contributed by atoms with Gasteiger partial charge in [0.05, 0.1) is 11.4 Å². The molecule has 0 fully saturated rings. The third-order valence-electron chi connectivity index (χ3n) is 2.56. The predicted molar refractivity (Wildman–Crippen MR) is 70.8 cm³/mol. The molecule has 0 amide bonds. The number of hydrogen-bond acceptors (Lipinski definition) is 4. The minimum absolute atomic E-state index is 0.294. The number of thioether (sulfide) groups is 1. The average Bonchev–Trinajstić information content (AvgIpc) is 2.29. The van der Waals surface area contributed by atoms with Gasteiger partial charge in [0.2, 0.25) is 0 Å². The summed E-state index contributed by atoms with van der Waals surface area (Å²) in [6.07, 6.45) is 8.15. The molecule has 0 aromatic carbocycles. The highest BCUT2D eigenvalue weighted by Crippen LogP contribution is 2.11. The number of aromatic nitrogens is 2. The number of hydrogen-bond donors (Lipinski definition) is 1. The SMILES string of the molecule is CSCCCCNC(C)c1nccnc1C. The quantitative estimate of drug-likeness (QED) is 0.742. The summed E-state index contributed by atoms with van der Waals surface area (Å²) >= 11 is 1.91. The van der Waals surface area contributed by atoms with E-state index in [0.29, 0.717) is 6.04 Å². The smallest absolute Gasteiger partial charge is 0.0782 e. The van der Waals surface area contributed by atoms with Crippen molar-refractivity contribution in [1.82, 2.24) is 15.3 Å². The normalized spacial score (nSPS) is 12.7. The van der Waals surface area contributed by atoms with Gasteiger partial charge in [0.1, 0.15) is 0 Å². The molecule has 1 rings (SSSR count). The Morgan fingerprint density at radius 3 is 2.75 bits per heavy atom. The van der Waals surface area contributed by atoms with Crippen molar-refractivity contribution in [2.75, 3.05) is 18.6 Å². The van der Waals surface area contributed by atoms with E-state index in [4.69, 9.17) is 0 Å². The minimum atomic E-state index is 0.294. The molecule has 1 heterocycles. The molecule has 4 heteroatoms. The van der Waals surface area contributed by atoms with Crippen molar-refractivity contribution in [3.63, 3.8) is 0 Å². The monoisotopic (exact) mass is 239 g/mol. The summed E-state index contributed by atoms with van der Waals surface area (Å²) in [5.74, 6) is 1.25. The second-order valence-corrected chi connectivity index (χ2v) is 4.89. The topological polar surface area (TPSA) is 37.8 Å². The fraction of sp³-hybridized carbons (Fsp3) is 0.667. The van der Waals surface area contributed by atoms with Crippen LogP contribution in [0, 0.1) is 6.92 Å². The Balaban J connectivity index is 2.30. The van der Waals surface area contributed by atoms with E-state index < -0.39 is 0 Å². The van der Waals surface area contributed by atoms with Gasteiger partial charge in [0, 0.05) is 18.4 Å². The summed E-state index contributed by atoms with van der Waals surface area (Å²) in [6, 6.07) is 0.294. The summed E-state index contributed by atoms with van der Waals surface area (Å²) in [6.45, 7) is 5.21. The van der Waals surface area contributed by atoms with E-state index in [1.807, 2.05) is 18.7 Å². The highest BCUT2D eigenvalue weighted by molar-refractivity contribution is 7.98. The molecule has 1 aromatic rings. The Bertz CT molecular complexity index is 304. The van der Waals surface area contributed by atoms with E-state index in [1.165, 1.54) is 18.6 Å². The molecule has 16 heavy (non-hydrogen) atoms. The van der Waals surface area contributed by atoms with Crippen molar-refractivity contribution in [2.45, 2.75) is 32.7 Å². The lowest BCUT2D eigenvalue weighted by Gasteiger charge is -2.14. The fourth-order valence-electron chi connectivity index (χ4n) is 1.63. The van der Waals surface area contributed by atoms with Crippen molar-refractivity contribution in [1.29, 1.82) is 0 Å². The molecule has 1 unspecified atom stereocenters. The molecule has 0 bridgehead atoms. The first-order chi connectivity index (χ1) is 7.75. The highest BCUT2D eigenvalue weighted by atomic mass is 32.2. The molecular weight excluding hydrogens is 218 g/mol. The number of rotatable bonds is 7. The minimum Gasteiger partial charge on any atom is -0.309 e. The van der Waals surface area contributed by atoms with Crippen molar-refractivity contribution in [3.05, 3.63) is 23.8 Å². The van der Waals surface area contributed by atoms with Crippen molar-refractivity contribution < 1.29 is 0 Å². The molecule has 0 aliphatic heterocycles. The number of nitrogens with one attached hydrogen (secondary N) is 1. The maximum absolute atomic E-state index is 4.36. The van der Waals surface area contributed by atoms with Gasteiger partial charge in [-0.15, -0.1) is 0 Å². The molecule has 90 valence electrons. The molecule has 0 aliphatic carbocycles. The van der Waals surface area contributed by atoms with E-state index in [9.17, 15) is 0 Å². The van der Waals surface area contributed by atoms with E-state index in [-0.39, 0.29) is 0 Å². The molecule has 1 N–H and O–H groups in total. The molecule has 0 saturated carbocycles. The summed E-state index contributed by atoms with van der Waals surface area (Å²) in [7, 11) is 0. The van der Waals surface area contributed by atoms with Gasteiger partial charge in [-0.1, -0.05) is 0 Å². The van der Waals surface area contributed by atoms with E-state index in [1.54, 1.807) is 12.4 Å². The first kappa shape index (κ1) is 13.5. The molecular formula is C12H21N3S. The van der Waals surface area contributed by atoms with Crippen LogP contribution in [0.2, 0.25) is 0 Å². The third-order valence-corrected chi connectivity index (χ3v) is 3.25. The molecule has 1 aromatic heterocycles. The first-order valence-electron chi connectivity index (χ1n) is 5.75. The van der Waals surface area contributed by atoms with E-state index in [2.05, 4.69) is 28.5 Å². The summed E-state index contributed by atoms with van der Waals surface area (Å²) in [5, 5.41) is 3.49. The highest BCUT2D eigenvalue weighted by Gasteiger charge is 2.08. The summed E-state index contributed by atoms with van der Waals surface area (Å²) < 4.78 is 0. The van der Waals surface area contributed by atoms with Gasteiger partial charge in [-0.05, 0) is 45.2 Å². The lowest BCUT2D eigenvalue weighted by atomic mass is 10.2. The maximum Gasteiger partial charge on any atom is 0.0782 e. The number of nitrogens with zero attached hydrogens (tertiary/aromatic N) is 2. The van der Waals surface area contributed by atoms with Crippen molar-refractivity contribution >= 4 is 11.8 Å². The lowest BCUT2D eigenvalue weighted by Crippen LogP contribution is -2.22. The van der Waals surface area contributed by atoms with Crippen LogP contribution in [-0.4, -0.2) is 28.5 Å². The zero-order valence-corrected chi connectivity index (χ0v) is 11.2. The molecule has 0 saturated heterocycles. The van der Waals surface area contributed by atoms with Gasteiger partial charge < -0.3 is 5.32 Å². The van der Waals surface area contributed by atoms with Crippen molar-refractivity contribution in [3.8, 4) is 0 Å². The Kier molecular flexibility index (Phi) is 6.42. The largest absolute Gasteiger partial charge is 0.309 e. The Morgan fingerprint density at radius 2 is 2.06 bits per heavy atom. The van der Waals surface area contributed by atoms with Gasteiger partial charge in [-0.3, -0.25) is 9.97 Å². The zero-order chi connectivity index (χ0) is 11.8. The van der Waals surface area contributed by atoms with Gasteiger partial charge >= 0.3 is 0 Å². The average molecular weight is 239 g/mol. The zero-order valence-electron chi connectivity index (χ0n) is 10.4. The van der Waals surface area contributed by atoms with Gasteiger partial charge in [-0.2, -0.15) is 11.8 Å². The number of aryl methyl sites for hydroxylation is 1. The van der Waals surface area contributed by atoms with Crippen LogP contribution >= 0.6 is 11.8 Å². The predicted octanol–water partition coefficient (Wildman–Crippen LogP) is 2.58. The second kappa shape index (κ2) is 7.63. The second-order valence-electron chi connectivity index (χ2n) is 3.90. The van der Waals surface area contributed by atoms with Crippen molar-refractivity contribution in [2.24, 2.45) is 0 Å². The lowest BCUT2D eigenvalue weighted by molar-refractivity contribution is 0.540. The van der Waals surface area contributed by atoms with Crippen LogP contribution in [0.3, 0.4) is 0 Å². The Labute approximate surface area is 102 Å². The van der Waals surface area contributed by atoms with Crippen LogP contribution in [0.15, 0.2) is 12.4 Å². The van der Waals surface area contributed by atoms with Crippen LogP contribution in [-0.2, 0) is 0 Å².